The largest absolute Gasteiger partial charge is 0.453 e. The number of carbonyl (C=O) groups is 3. The zero-order chi connectivity index (χ0) is 17.1. The summed E-state index contributed by atoms with van der Waals surface area (Å²) in [5, 5.41) is 3.09. The maximum atomic E-state index is 12.1. The van der Waals surface area contributed by atoms with E-state index in [1.165, 1.54) is 6.92 Å². The highest BCUT2D eigenvalue weighted by Crippen LogP contribution is 2.28. The van der Waals surface area contributed by atoms with E-state index in [0.717, 1.165) is 7.11 Å². The summed E-state index contributed by atoms with van der Waals surface area (Å²) >= 11 is 5.91. The summed E-state index contributed by atoms with van der Waals surface area (Å²) in [6.45, 7) is 3.00. The van der Waals surface area contributed by atoms with E-state index < -0.39 is 24.1 Å². The van der Waals surface area contributed by atoms with E-state index in [1.54, 1.807) is 25.1 Å². The molecule has 0 aliphatic heterocycles. The van der Waals surface area contributed by atoms with E-state index in [0.29, 0.717) is 21.6 Å². The fraction of sp³-hybridized carbons (Fsp3) is 0.267. The molecule has 0 unspecified atom stereocenters. The Hall–Kier alpha value is -2.54. The Bertz CT molecular complexity index is 782. The van der Waals surface area contributed by atoms with Crippen LogP contribution in [-0.2, 0) is 14.3 Å². The fourth-order valence-electron chi connectivity index (χ4n) is 1.91. The molecule has 0 fully saturated rings. The van der Waals surface area contributed by atoms with Gasteiger partial charge in [-0.15, -0.1) is 0 Å². The van der Waals surface area contributed by atoms with E-state index in [2.05, 4.69) is 4.74 Å². The molecular formula is C15H14ClNO6. The number of furan rings is 1. The van der Waals surface area contributed by atoms with Crippen molar-refractivity contribution in [3.05, 3.63) is 34.5 Å². The van der Waals surface area contributed by atoms with Crippen molar-refractivity contribution in [1.82, 2.24) is 5.32 Å². The molecule has 0 saturated carbocycles. The number of amides is 2. The first kappa shape index (κ1) is 16.8. The number of aryl methyl sites for hydroxylation is 1. The molecule has 1 aromatic heterocycles. The lowest BCUT2D eigenvalue weighted by atomic mass is 10.1. The smallest absolute Gasteiger partial charge is 0.413 e. The Labute approximate surface area is 136 Å². The number of halogens is 1. The number of ether oxygens (including phenoxy) is 2. The molecule has 1 atom stereocenters. The van der Waals surface area contributed by atoms with Gasteiger partial charge in [0.1, 0.15) is 5.58 Å². The minimum absolute atomic E-state index is 0.0278. The lowest BCUT2D eigenvalue weighted by Crippen LogP contribution is -2.39. The van der Waals surface area contributed by atoms with Crippen LogP contribution in [0.5, 0.6) is 0 Å². The van der Waals surface area contributed by atoms with Gasteiger partial charge >= 0.3 is 12.1 Å². The topological polar surface area (TPSA) is 94.8 Å². The van der Waals surface area contributed by atoms with Gasteiger partial charge < -0.3 is 13.9 Å². The van der Waals surface area contributed by atoms with Crippen molar-refractivity contribution in [3.63, 3.8) is 0 Å². The van der Waals surface area contributed by atoms with Crippen LogP contribution < -0.4 is 5.32 Å². The molecule has 1 heterocycles. The molecule has 0 radical (unpaired) electrons. The van der Waals surface area contributed by atoms with Crippen molar-refractivity contribution in [2.24, 2.45) is 0 Å². The molecule has 0 aliphatic rings. The van der Waals surface area contributed by atoms with Gasteiger partial charge in [0, 0.05) is 16.0 Å². The summed E-state index contributed by atoms with van der Waals surface area (Å²) in [6.07, 6.45) is -2.13. The van der Waals surface area contributed by atoms with Crippen LogP contribution in [0.2, 0.25) is 5.02 Å². The average molecular weight is 340 g/mol. The molecular weight excluding hydrogens is 326 g/mol. The predicted molar refractivity (Wildman–Crippen MR) is 81.4 cm³/mol. The SMILES string of the molecule is COC(=O)NC(=O)[C@@H](C)OC(=O)c1oc2ccc(Cl)cc2c1C. The molecule has 2 aromatic rings. The Morgan fingerprint density at radius 2 is 2.00 bits per heavy atom. The van der Waals surface area contributed by atoms with Crippen LogP contribution >= 0.6 is 11.6 Å². The third-order valence-electron chi connectivity index (χ3n) is 3.15. The number of rotatable bonds is 3. The molecule has 2 rings (SSSR count). The molecule has 23 heavy (non-hydrogen) atoms. The zero-order valence-corrected chi connectivity index (χ0v) is 13.4. The van der Waals surface area contributed by atoms with E-state index in [1.807, 2.05) is 5.32 Å². The van der Waals surface area contributed by atoms with Gasteiger partial charge in [-0.2, -0.15) is 0 Å². The van der Waals surface area contributed by atoms with Crippen molar-refractivity contribution in [3.8, 4) is 0 Å². The standard InChI is InChI=1S/C15H14ClNO6/c1-7-10-6-9(16)4-5-11(10)23-12(7)14(19)22-8(2)13(18)17-15(20)21-3/h4-6,8H,1-3H3,(H,17,18,20)/t8-/m1/s1. The number of alkyl carbamates (subject to hydrolysis) is 1. The van der Waals surface area contributed by atoms with E-state index in [-0.39, 0.29) is 5.76 Å². The molecule has 1 N–H and O–H groups in total. The van der Waals surface area contributed by atoms with Crippen molar-refractivity contribution < 1.29 is 28.3 Å². The normalized spacial score (nSPS) is 11.8. The van der Waals surface area contributed by atoms with Crippen LogP contribution in [0.4, 0.5) is 4.79 Å². The second-order valence-electron chi connectivity index (χ2n) is 4.73. The molecule has 2 amide bonds. The molecule has 122 valence electrons. The van der Waals surface area contributed by atoms with Crippen LogP contribution in [0.1, 0.15) is 23.0 Å². The zero-order valence-electron chi connectivity index (χ0n) is 12.6. The number of benzene rings is 1. The number of imide groups is 1. The molecule has 0 bridgehead atoms. The summed E-state index contributed by atoms with van der Waals surface area (Å²) in [7, 11) is 1.11. The Balaban J connectivity index is 2.16. The summed E-state index contributed by atoms with van der Waals surface area (Å²) < 4.78 is 14.7. The molecule has 1 aromatic carbocycles. The molecule has 7 nitrogen and oxygen atoms in total. The quantitative estimate of drug-likeness (QED) is 0.864. The third kappa shape index (κ3) is 3.62. The monoisotopic (exact) mass is 339 g/mol. The van der Waals surface area contributed by atoms with Gasteiger partial charge in [-0.25, -0.2) is 9.59 Å². The summed E-state index contributed by atoms with van der Waals surface area (Å²) in [6, 6.07) is 4.93. The highest BCUT2D eigenvalue weighted by Gasteiger charge is 2.25. The maximum Gasteiger partial charge on any atom is 0.413 e. The van der Waals surface area contributed by atoms with Gasteiger partial charge in [0.25, 0.3) is 5.91 Å². The first-order chi connectivity index (χ1) is 10.8. The first-order valence-corrected chi connectivity index (χ1v) is 6.99. The van der Waals surface area contributed by atoms with Crippen LogP contribution in [0.3, 0.4) is 0 Å². The van der Waals surface area contributed by atoms with Gasteiger partial charge in [0.15, 0.2) is 6.10 Å². The maximum absolute atomic E-state index is 12.1. The summed E-state index contributed by atoms with van der Waals surface area (Å²) in [5.41, 5.74) is 1.03. The minimum Gasteiger partial charge on any atom is -0.453 e. The van der Waals surface area contributed by atoms with Gasteiger partial charge in [-0.1, -0.05) is 11.6 Å². The van der Waals surface area contributed by atoms with Crippen molar-refractivity contribution in [2.45, 2.75) is 20.0 Å². The lowest BCUT2D eigenvalue weighted by molar-refractivity contribution is -0.128. The van der Waals surface area contributed by atoms with Gasteiger partial charge in [0.05, 0.1) is 7.11 Å². The van der Waals surface area contributed by atoms with Gasteiger partial charge in [0.2, 0.25) is 5.76 Å². The first-order valence-electron chi connectivity index (χ1n) is 6.62. The number of nitrogens with one attached hydrogen (secondary N) is 1. The van der Waals surface area contributed by atoms with Crippen LogP contribution in [0, 0.1) is 6.92 Å². The Morgan fingerprint density at radius 3 is 2.65 bits per heavy atom. The molecule has 0 aliphatic carbocycles. The third-order valence-corrected chi connectivity index (χ3v) is 3.38. The second kappa shape index (κ2) is 6.70. The fourth-order valence-corrected chi connectivity index (χ4v) is 2.08. The number of fused-ring (bicyclic) bond motifs is 1. The highest BCUT2D eigenvalue weighted by molar-refractivity contribution is 6.31. The minimum atomic E-state index is -1.20. The number of esters is 1. The van der Waals surface area contributed by atoms with Crippen molar-refractivity contribution in [2.75, 3.05) is 7.11 Å². The van der Waals surface area contributed by atoms with Crippen molar-refractivity contribution >= 4 is 40.5 Å². The van der Waals surface area contributed by atoms with Gasteiger partial charge in [-0.05, 0) is 32.0 Å². The summed E-state index contributed by atoms with van der Waals surface area (Å²) in [4.78, 5) is 34.7. The highest BCUT2D eigenvalue weighted by atomic mass is 35.5. The van der Waals surface area contributed by atoms with Crippen LogP contribution in [0.25, 0.3) is 11.0 Å². The lowest BCUT2D eigenvalue weighted by Gasteiger charge is -2.11. The number of hydrogen-bond donors (Lipinski definition) is 1. The van der Waals surface area contributed by atoms with E-state index >= 15 is 0 Å². The Kier molecular flexibility index (Phi) is 4.90. The number of methoxy groups -OCH3 is 1. The van der Waals surface area contributed by atoms with Crippen molar-refractivity contribution in [1.29, 1.82) is 0 Å². The summed E-state index contributed by atoms with van der Waals surface area (Å²) in [5.74, 6) is -1.65. The Morgan fingerprint density at radius 1 is 1.30 bits per heavy atom. The second-order valence-corrected chi connectivity index (χ2v) is 5.16. The number of hydrogen-bond acceptors (Lipinski definition) is 6. The molecule has 8 heteroatoms. The predicted octanol–water partition coefficient (Wildman–Crippen LogP) is 2.82. The van der Waals surface area contributed by atoms with E-state index in [4.69, 9.17) is 20.8 Å². The van der Waals surface area contributed by atoms with Crippen LogP contribution in [0.15, 0.2) is 22.6 Å². The molecule has 0 saturated heterocycles. The van der Waals surface area contributed by atoms with E-state index in [9.17, 15) is 14.4 Å². The van der Waals surface area contributed by atoms with Crippen LogP contribution in [-0.4, -0.2) is 31.2 Å². The van der Waals surface area contributed by atoms with Gasteiger partial charge in [-0.3, -0.25) is 10.1 Å². The molecule has 0 spiro atoms. The average Bonchev–Trinajstić information content (AvgIpc) is 2.83. The number of carbonyl (C=O) groups excluding carboxylic acids is 3.